The Bertz CT molecular complexity index is 889. The van der Waals surface area contributed by atoms with Crippen LogP contribution in [-0.4, -0.2) is 65.9 Å². The van der Waals surface area contributed by atoms with E-state index in [1.54, 1.807) is 25.1 Å². The summed E-state index contributed by atoms with van der Waals surface area (Å²) < 4.78 is 5.37. The normalized spacial score (nSPS) is 18.2. The topological polar surface area (TPSA) is 95.8 Å². The maximum absolute atomic E-state index is 13.0. The summed E-state index contributed by atoms with van der Waals surface area (Å²) in [6.45, 7) is 8.45. The highest BCUT2D eigenvalue weighted by atomic mass is 16.5. The van der Waals surface area contributed by atoms with Gasteiger partial charge < -0.3 is 19.6 Å². The van der Waals surface area contributed by atoms with Gasteiger partial charge in [-0.3, -0.25) is 14.4 Å². The van der Waals surface area contributed by atoms with Crippen molar-refractivity contribution in [3.8, 4) is 11.3 Å². The lowest BCUT2D eigenvalue weighted by molar-refractivity contribution is -0.129. The smallest absolute Gasteiger partial charge is 0.276 e. The Morgan fingerprint density at radius 1 is 1.32 bits per heavy atom. The molecule has 2 atom stereocenters. The van der Waals surface area contributed by atoms with Gasteiger partial charge in [-0.05, 0) is 26.2 Å². The highest BCUT2D eigenvalue weighted by Crippen LogP contribution is 2.24. The molecule has 0 spiro atoms. The van der Waals surface area contributed by atoms with Gasteiger partial charge >= 0.3 is 0 Å². The van der Waals surface area contributed by atoms with Crippen LogP contribution in [0.1, 0.15) is 43.2 Å². The summed E-state index contributed by atoms with van der Waals surface area (Å²) in [6, 6.07) is 8.92. The van der Waals surface area contributed by atoms with E-state index in [0.29, 0.717) is 24.6 Å². The van der Waals surface area contributed by atoms with Gasteiger partial charge in [-0.25, -0.2) is 0 Å². The second-order valence-corrected chi connectivity index (χ2v) is 8.52. The van der Waals surface area contributed by atoms with E-state index in [-0.39, 0.29) is 23.6 Å². The zero-order valence-electron chi connectivity index (χ0n) is 19.1. The third kappa shape index (κ3) is 6.67. The highest BCUT2D eigenvalue weighted by molar-refractivity contribution is 5.97. The van der Waals surface area contributed by atoms with Crippen molar-refractivity contribution in [2.24, 2.45) is 5.92 Å². The number of hydrogen-bond donors (Lipinski definition) is 1. The van der Waals surface area contributed by atoms with Gasteiger partial charge in [-0.15, -0.1) is 0 Å². The fourth-order valence-electron chi connectivity index (χ4n) is 3.23. The summed E-state index contributed by atoms with van der Waals surface area (Å²) in [5, 5.41) is 6.89. The zero-order valence-corrected chi connectivity index (χ0v) is 19.1. The molecule has 2 heterocycles. The lowest BCUT2D eigenvalue weighted by Crippen LogP contribution is -2.61. The third-order valence-electron chi connectivity index (χ3n) is 4.77. The Morgan fingerprint density at radius 3 is 2.48 bits per heavy atom. The Kier molecular flexibility index (Phi) is 8.36. The fourth-order valence-corrected chi connectivity index (χ4v) is 3.23. The summed E-state index contributed by atoms with van der Waals surface area (Å²) in [6.07, 6.45) is 1.37. The average molecular weight is 429 g/mol. The molecular weight excluding hydrogens is 396 g/mol. The summed E-state index contributed by atoms with van der Waals surface area (Å²) in [5.74, 6) is 0.477. The molecule has 2 aromatic rings. The van der Waals surface area contributed by atoms with Crippen LogP contribution < -0.4 is 5.32 Å². The molecule has 1 saturated heterocycles. The van der Waals surface area contributed by atoms with Crippen LogP contribution in [0.2, 0.25) is 0 Å². The van der Waals surface area contributed by atoms with Gasteiger partial charge in [0.15, 0.2) is 11.5 Å². The van der Waals surface area contributed by atoms with Crippen molar-refractivity contribution < 1.29 is 18.9 Å². The number of amides is 3. The van der Waals surface area contributed by atoms with Gasteiger partial charge in [0.25, 0.3) is 5.91 Å². The number of aromatic nitrogens is 1. The second-order valence-electron chi connectivity index (χ2n) is 8.52. The minimum atomic E-state index is -0.474. The zero-order chi connectivity index (χ0) is 23.1. The van der Waals surface area contributed by atoms with Crippen LogP contribution >= 0.6 is 0 Å². The van der Waals surface area contributed by atoms with Gasteiger partial charge in [0, 0.05) is 38.3 Å². The number of rotatable bonds is 5. The number of nitrogens with zero attached hydrogens (tertiary/aromatic N) is 3. The molecule has 8 nitrogen and oxygen atoms in total. The van der Waals surface area contributed by atoms with Crippen molar-refractivity contribution in [2.45, 2.75) is 46.2 Å². The first-order valence-electron chi connectivity index (χ1n) is 10.4. The largest absolute Gasteiger partial charge is 0.355 e. The predicted molar refractivity (Wildman–Crippen MR) is 118 cm³/mol. The molecule has 8 heteroatoms. The molecule has 1 N–H and O–H groups in total. The summed E-state index contributed by atoms with van der Waals surface area (Å²) in [4.78, 5) is 37.9. The van der Waals surface area contributed by atoms with E-state index in [9.17, 15) is 14.4 Å². The van der Waals surface area contributed by atoms with E-state index < -0.39 is 6.04 Å². The summed E-state index contributed by atoms with van der Waals surface area (Å²) in [7, 11) is 3.38. The molecule has 0 bridgehead atoms. The predicted octanol–water partition coefficient (Wildman–Crippen LogP) is 2.73. The first-order valence-corrected chi connectivity index (χ1v) is 10.4. The molecule has 1 aromatic carbocycles. The van der Waals surface area contributed by atoms with E-state index in [4.69, 9.17) is 4.52 Å². The molecule has 1 aliphatic heterocycles. The molecule has 31 heavy (non-hydrogen) atoms. The van der Waals surface area contributed by atoms with Gasteiger partial charge in [-0.2, -0.15) is 0 Å². The number of carbonyl (C=O) groups excluding carboxylic acids is 3. The van der Waals surface area contributed by atoms with Crippen molar-refractivity contribution in [2.75, 3.05) is 20.6 Å². The Labute approximate surface area is 183 Å². The average Bonchev–Trinajstić information content (AvgIpc) is 3.20. The standard InChI is InChI=1S/C20H25N3O3.C3H7NO/c1-12(2)9-17-19(24)21-14(4)11-23(17)20(25)16-10-18(26-22-16)15-7-5-13(3)6-8-15;1-4(2)3-5/h5-8,10,12,14,17H,9,11H2,1-4H3,(H,21,24);3H,1-2H3. The quantitative estimate of drug-likeness (QED) is 0.739. The fraction of sp³-hybridized carbons (Fsp3) is 0.478. The SMILES string of the molecule is CN(C)C=O.Cc1ccc(-c2cc(C(=O)N3CC(C)NC(=O)C3CC(C)C)no2)cc1. The van der Waals surface area contributed by atoms with Crippen LogP contribution in [0.4, 0.5) is 0 Å². The van der Waals surface area contributed by atoms with Crippen LogP contribution in [0.3, 0.4) is 0 Å². The number of carbonyl (C=O) groups is 3. The minimum absolute atomic E-state index is 0.0849. The van der Waals surface area contributed by atoms with E-state index in [1.165, 1.54) is 4.90 Å². The molecule has 1 aliphatic rings. The van der Waals surface area contributed by atoms with Crippen molar-refractivity contribution in [1.82, 2.24) is 20.3 Å². The van der Waals surface area contributed by atoms with Crippen LogP contribution in [0, 0.1) is 12.8 Å². The van der Waals surface area contributed by atoms with Crippen LogP contribution in [0.25, 0.3) is 11.3 Å². The maximum atomic E-state index is 13.0. The van der Waals surface area contributed by atoms with Crippen molar-refractivity contribution in [3.63, 3.8) is 0 Å². The van der Waals surface area contributed by atoms with Gasteiger partial charge in [-0.1, -0.05) is 48.8 Å². The van der Waals surface area contributed by atoms with Gasteiger partial charge in [0.1, 0.15) is 6.04 Å². The minimum Gasteiger partial charge on any atom is -0.355 e. The van der Waals surface area contributed by atoms with Crippen molar-refractivity contribution >= 4 is 18.2 Å². The molecular formula is C23H32N4O4. The third-order valence-corrected chi connectivity index (χ3v) is 4.77. The number of piperazine rings is 1. The van der Waals surface area contributed by atoms with Crippen molar-refractivity contribution in [3.05, 3.63) is 41.6 Å². The summed E-state index contributed by atoms with van der Waals surface area (Å²) >= 11 is 0. The molecule has 0 saturated carbocycles. The summed E-state index contributed by atoms with van der Waals surface area (Å²) in [5.41, 5.74) is 2.25. The molecule has 168 valence electrons. The van der Waals surface area contributed by atoms with E-state index >= 15 is 0 Å². The Balaban J connectivity index is 0.000000614. The Morgan fingerprint density at radius 2 is 1.94 bits per heavy atom. The number of aryl methyl sites for hydroxylation is 1. The van der Waals surface area contributed by atoms with E-state index in [2.05, 4.69) is 10.5 Å². The van der Waals surface area contributed by atoms with Crippen molar-refractivity contribution in [1.29, 1.82) is 0 Å². The Hall–Kier alpha value is -3.16. The molecule has 1 fully saturated rings. The monoisotopic (exact) mass is 428 g/mol. The lowest BCUT2D eigenvalue weighted by atomic mass is 9.98. The lowest BCUT2D eigenvalue weighted by Gasteiger charge is -2.38. The number of benzene rings is 1. The van der Waals surface area contributed by atoms with E-state index in [1.807, 2.05) is 52.0 Å². The number of nitrogens with one attached hydrogen (secondary N) is 1. The highest BCUT2D eigenvalue weighted by Gasteiger charge is 2.37. The van der Waals surface area contributed by atoms with Crippen LogP contribution in [0.5, 0.6) is 0 Å². The molecule has 0 radical (unpaired) electrons. The molecule has 2 unspecified atom stereocenters. The van der Waals surface area contributed by atoms with E-state index in [0.717, 1.165) is 17.5 Å². The molecule has 1 aromatic heterocycles. The van der Waals surface area contributed by atoms with Gasteiger partial charge in [0.2, 0.25) is 12.3 Å². The molecule has 0 aliphatic carbocycles. The number of hydrogen-bond acceptors (Lipinski definition) is 5. The molecule has 3 rings (SSSR count). The second kappa shape index (κ2) is 10.7. The molecule has 3 amide bonds. The van der Waals surface area contributed by atoms with Crippen LogP contribution in [0.15, 0.2) is 34.9 Å². The van der Waals surface area contributed by atoms with Crippen LogP contribution in [-0.2, 0) is 9.59 Å². The first kappa shape index (κ1) is 24.1. The first-order chi connectivity index (χ1) is 14.6. The van der Waals surface area contributed by atoms with Gasteiger partial charge in [0.05, 0.1) is 0 Å². The maximum Gasteiger partial charge on any atom is 0.276 e.